The third-order valence-electron chi connectivity index (χ3n) is 4.04. The Kier molecular flexibility index (Phi) is 11.3. The topological polar surface area (TPSA) is 274 Å². The molecule has 0 saturated carbocycles. The molecule has 0 aliphatic carbocycles. The van der Waals surface area contributed by atoms with Crippen LogP contribution in [-0.2, 0) is 33.6 Å². The van der Waals surface area contributed by atoms with E-state index in [2.05, 4.69) is 10.6 Å². The number of primary amides is 2. The first-order chi connectivity index (χ1) is 14.6. The first kappa shape index (κ1) is 28.2. The van der Waals surface area contributed by atoms with Crippen molar-refractivity contribution < 1.29 is 43.8 Å². The molecule has 0 fully saturated rings. The lowest BCUT2D eigenvalue weighted by Crippen LogP contribution is -2.58. The number of amides is 5. The summed E-state index contributed by atoms with van der Waals surface area (Å²) in [5, 5.41) is 24.4. The molecule has 0 spiro atoms. The van der Waals surface area contributed by atoms with Crippen molar-refractivity contribution in [2.75, 3.05) is 0 Å². The minimum absolute atomic E-state index is 0.563. The van der Waals surface area contributed by atoms with Crippen molar-refractivity contribution in [3.05, 3.63) is 0 Å². The molecule has 0 saturated heterocycles. The maximum Gasteiger partial charge on any atom is 0.326 e. The van der Waals surface area contributed by atoms with Gasteiger partial charge < -0.3 is 43.4 Å². The summed E-state index contributed by atoms with van der Waals surface area (Å²) in [6, 6.07) is -6.23. The van der Waals surface area contributed by atoms with Gasteiger partial charge in [-0.25, -0.2) is 4.79 Å². The molecule has 0 radical (unpaired) electrons. The minimum atomic E-state index is -1.74. The van der Waals surface area contributed by atoms with Crippen LogP contribution in [0, 0.1) is 5.92 Å². The number of rotatable bonds is 14. The molecular formula is C17H28N6O9. The van der Waals surface area contributed by atoms with Crippen molar-refractivity contribution in [3.63, 3.8) is 0 Å². The highest BCUT2D eigenvalue weighted by molar-refractivity contribution is 5.97. The SMILES string of the molecule is CC(C)C(NC(=O)C(CC(=O)O)NC(=O)C(CC(N)=O)NC(=O)C(N)CC(N)=O)C(=O)O. The zero-order chi connectivity index (χ0) is 25.2. The second-order valence-electron chi connectivity index (χ2n) is 7.24. The van der Waals surface area contributed by atoms with Crippen molar-refractivity contribution in [3.8, 4) is 0 Å². The van der Waals surface area contributed by atoms with Gasteiger partial charge in [-0.3, -0.25) is 28.8 Å². The summed E-state index contributed by atoms with van der Waals surface area (Å²) in [5.74, 6) is -8.69. The molecule has 11 N–H and O–H groups in total. The Balaban J connectivity index is 5.56. The van der Waals surface area contributed by atoms with Gasteiger partial charge in [-0.05, 0) is 5.92 Å². The van der Waals surface area contributed by atoms with Gasteiger partial charge in [-0.2, -0.15) is 0 Å². The molecule has 0 aromatic carbocycles. The van der Waals surface area contributed by atoms with E-state index in [9.17, 15) is 38.7 Å². The summed E-state index contributed by atoms with van der Waals surface area (Å²) in [5.41, 5.74) is 15.5. The fraction of sp³-hybridized carbons (Fsp3) is 0.588. The van der Waals surface area contributed by atoms with Crippen LogP contribution < -0.4 is 33.2 Å². The van der Waals surface area contributed by atoms with Crippen molar-refractivity contribution in [1.29, 1.82) is 0 Å². The normalized spacial score (nSPS) is 14.4. The van der Waals surface area contributed by atoms with Crippen molar-refractivity contribution in [2.24, 2.45) is 23.1 Å². The number of nitrogens with two attached hydrogens (primary N) is 3. The van der Waals surface area contributed by atoms with Gasteiger partial charge >= 0.3 is 11.9 Å². The van der Waals surface area contributed by atoms with Crippen molar-refractivity contribution in [1.82, 2.24) is 16.0 Å². The Morgan fingerprint density at radius 1 is 0.719 bits per heavy atom. The average molecular weight is 460 g/mol. The van der Waals surface area contributed by atoms with Crippen LogP contribution in [0.25, 0.3) is 0 Å². The highest BCUT2D eigenvalue weighted by atomic mass is 16.4. The third-order valence-corrected chi connectivity index (χ3v) is 4.04. The number of hydrogen-bond donors (Lipinski definition) is 8. The lowest BCUT2D eigenvalue weighted by atomic mass is 10.0. The summed E-state index contributed by atoms with van der Waals surface area (Å²) in [7, 11) is 0. The van der Waals surface area contributed by atoms with Crippen molar-refractivity contribution in [2.45, 2.75) is 57.3 Å². The predicted octanol–water partition coefficient (Wildman–Crippen LogP) is -4.27. The van der Waals surface area contributed by atoms with E-state index >= 15 is 0 Å². The first-order valence-electron chi connectivity index (χ1n) is 9.33. The van der Waals surface area contributed by atoms with Gasteiger partial charge in [0.05, 0.1) is 25.3 Å². The Morgan fingerprint density at radius 2 is 1.16 bits per heavy atom. The number of carboxylic acids is 2. The molecule has 0 aliphatic rings. The van der Waals surface area contributed by atoms with Crippen LogP contribution in [0.3, 0.4) is 0 Å². The molecule has 15 heteroatoms. The molecule has 4 atom stereocenters. The Labute approximate surface area is 182 Å². The number of carbonyl (C=O) groups is 7. The summed E-state index contributed by atoms with van der Waals surface area (Å²) in [6.45, 7) is 3.00. The molecule has 180 valence electrons. The molecule has 32 heavy (non-hydrogen) atoms. The highest BCUT2D eigenvalue weighted by Crippen LogP contribution is 2.05. The molecule has 4 unspecified atom stereocenters. The maximum atomic E-state index is 12.6. The van der Waals surface area contributed by atoms with E-state index < -0.39 is 90.8 Å². The standard InChI is InChI=1S/C17H28N6O9/c1-6(2)13(17(31)32)23-16(30)9(5-12(26)27)22-15(29)8(4-11(20)25)21-14(28)7(18)3-10(19)24/h6-9,13H,3-5,18H2,1-2H3,(H2,19,24)(H2,20,25)(H,21,28)(H,22,29)(H,23,30)(H,26,27)(H,31,32). The van der Waals surface area contributed by atoms with Crippen LogP contribution in [0.2, 0.25) is 0 Å². The van der Waals surface area contributed by atoms with Crippen LogP contribution in [0.5, 0.6) is 0 Å². The zero-order valence-electron chi connectivity index (χ0n) is 17.5. The van der Waals surface area contributed by atoms with Crippen LogP contribution in [0.15, 0.2) is 0 Å². The van der Waals surface area contributed by atoms with E-state index in [1.807, 2.05) is 5.32 Å². The van der Waals surface area contributed by atoms with Gasteiger partial charge in [0.25, 0.3) is 0 Å². The van der Waals surface area contributed by atoms with Crippen LogP contribution in [0.4, 0.5) is 0 Å². The molecule has 5 amide bonds. The quantitative estimate of drug-likeness (QED) is 0.123. The number of carboxylic acid groups (broad SMARTS) is 2. The zero-order valence-corrected chi connectivity index (χ0v) is 17.5. The van der Waals surface area contributed by atoms with Crippen LogP contribution >= 0.6 is 0 Å². The number of aliphatic carboxylic acids is 2. The Morgan fingerprint density at radius 3 is 1.56 bits per heavy atom. The molecule has 0 aliphatic heterocycles. The number of carbonyl (C=O) groups excluding carboxylic acids is 5. The van der Waals surface area contributed by atoms with E-state index in [0.29, 0.717) is 0 Å². The molecule has 0 heterocycles. The largest absolute Gasteiger partial charge is 0.481 e. The highest BCUT2D eigenvalue weighted by Gasteiger charge is 2.33. The van der Waals surface area contributed by atoms with E-state index in [1.165, 1.54) is 13.8 Å². The molecule has 0 aromatic heterocycles. The number of nitrogens with one attached hydrogen (secondary N) is 3. The Bertz CT molecular complexity index is 770. The van der Waals surface area contributed by atoms with Gasteiger partial charge in [0.1, 0.15) is 18.1 Å². The minimum Gasteiger partial charge on any atom is -0.481 e. The van der Waals surface area contributed by atoms with E-state index in [1.54, 1.807) is 0 Å². The van der Waals surface area contributed by atoms with Crippen LogP contribution in [0.1, 0.15) is 33.1 Å². The van der Waals surface area contributed by atoms with Gasteiger partial charge in [0.2, 0.25) is 29.5 Å². The number of hydrogen-bond acceptors (Lipinski definition) is 8. The molecule has 15 nitrogen and oxygen atoms in total. The van der Waals surface area contributed by atoms with Gasteiger partial charge in [-0.1, -0.05) is 13.8 Å². The monoisotopic (exact) mass is 460 g/mol. The summed E-state index contributed by atoms with van der Waals surface area (Å²) < 4.78 is 0. The van der Waals surface area contributed by atoms with E-state index in [0.717, 1.165) is 0 Å². The van der Waals surface area contributed by atoms with E-state index in [4.69, 9.17) is 22.3 Å². The average Bonchev–Trinajstić information content (AvgIpc) is 2.62. The molecule has 0 bridgehead atoms. The predicted molar refractivity (Wildman–Crippen MR) is 106 cm³/mol. The van der Waals surface area contributed by atoms with Gasteiger partial charge in [0, 0.05) is 0 Å². The molecule has 0 aromatic rings. The molecular weight excluding hydrogens is 432 g/mol. The van der Waals surface area contributed by atoms with Gasteiger partial charge in [0.15, 0.2) is 0 Å². The summed E-state index contributed by atoms with van der Waals surface area (Å²) >= 11 is 0. The second kappa shape index (κ2) is 12.8. The lowest BCUT2D eigenvalue weighted by Gasteiger charge is -2.25. The third kappa shape index (κ3) is 10.3. The van der Waals surface area contributed by atoms with Crippen molar-refractivity contribution >= 4 is 41.5 Å². The molecule has 0 rings (SSSR count). The fourth-order valence-corrected chi connectivity index (χ4v) is 2.42. The maximum absolute atomic E-state index is 12.6. The smallest absolute Gasteiger partial charge is 0.326 e. The summed E-state index contributed by atoms with van der Waals surface area (Å²) in [4.78, 5) is 81.6. The fourth-order valence-electron chi connectivity index (χ4n) is 2.42. The summed E-state index contributed by atoms with van der Waals surface area (Å²) in [6.07, 6.45) is -2.24. The van der Waals surface area contributed by atoms with Crippen LogP contribution in [-0.4, -0.2) is 75.9 Å². The Hall–Kier alpha value is -3.75. The lowest BCUT2D eigenvalue weighted by molar-refractivity contribution is -0.144. The van der Waals surface area contributed by atoms with E-state index in [-0.39, 0.29) is 0 Å². The second-order valence-corrected chi connectivity index (χ2v) is 7.24. The van der Waals surface area contributed by atoms with Gasteiger partial charge in [-0.15, -0.1) is 0 Å². The first-order valence-corrected chi connectivity index (χ1v) is 9.33.